The van der Waals surface area contributed by atoms with Gasteiger partial charge in [0.1, 0.15) is 6.54 Å². The topological polar surface area (TPSA) is 52.6 Å². The van der Waals surface area contributed by atoms with Crippen LogP contribution in [0.1, 0.15) is 20.3 Å². The van der Waals surface area contributed by atoms with E-state index in [9.17, 15) is 18.0 Å². The second kappa shape index (κ2) is 7.50. The summed E-state index contributed by atoms with van der Waals surface area (Å²) in [5.41, 5.74) is 0. The average Bonchev–Trinajstić information content (AvgIpc) is 2.19. The molecule has 0 aliphatic heterocycles. The summed E-state index contributed by atoms with van der Waals surface area (Å²) in [5.74, 6) is -0.658. The largest absolute Gasteiger partial charge is 0.405 e. The molecule has 0 aliphatic rings. The van der Waals surface area contributed by atoms with Crippen LogP contribution in [0.2, 0.25) is 0 Å². The van der Waals surface area contributed by atoms with Gasteiger partial charge >= 0.3 is 6.18 Å². The van der Waals surface area contributed by atoms with Gasteiger partial charge in [0.25, 0.3) is 0 Å². The van der Waals surface area contributed by atoms with Crippen molar-refractivity contribution in [2.75, 3.05) is 26.2 Å². The lowest BCUT2D eigenvalue weighted by Crippen LogP contribution is -2.43. The molecule has 0 radical (unpaired) electrons. The Morgan fingerprint density at radius 3 is 2.41 bits per heavy atom. The summed E-state index contributed by atoms with van der Waals surface area (Å²) >= 11 is 0. The second-order valence-electron chi connectivity index (χ2n) is 4.03. The fourth-order valence-corrected chi connectivity index (χ4v) is 1.23. The van der Waals surface area contributed by atoms with Gasteiger partial charge in [-0.25, -0.2) is 0 Å². The number of halogens is 3. The maximum absolute atomic E-state index is 11.9. The zero-order valence-corrected chi connectivity index (χ0v) is 10.0. The number of amides is 1. The Bertz CT molecular complexity index is 232. The van der Waals surface area contributed by atoms with Crippen LogP contribution in [0.25, 0.3) is 0 Å². The van der Waals surface area contributed by atoms with Crippen molar-refractivity contribution in [1.29, 1.82) is 0 Å². The monoisotopic (exact) mass is 256 g/mol. The molecule has 4 nitrogen and oxygen atoms in total. The standard InChI is InChI=1S/C10H19F3N2O2/c1-8(2)15(4-3-5-16)6-9(17)14-7-10(11,12)13/h8,16H,3-7H2,1-2H3,(H,14,17). The SMILES string of the molecule is CC(C)N(CCCO)CC(=O)NCC(F)(F)F. The molecule has 7 heteroatoms. The van der Waals surface area contributed by atoms with E-state index in [1.807, 2.05) is 19.2 Å². The van der Waals surface area contributed by atoms with Gasteiger partial charge in [0.2, 0.25) is 5.91 Å². The van der Waals surface area contributed by atoms with Crippen LogP contribution in [0.5, 0.6) is 0 Å². The molecular formula is C10H19F3N2O2. The summed E-state index contributed by atoms with van der Waals surface area (Å²) in [7, 11) is 0. The van der Waals surface area contributed by atoms with Crippen molar-refractivity contribution in [1.82, 2.24) is 10.2 Å². The van der Waals surface area contributed by atoms with E-state index in [2.05, 4.69) is 0 Å². The Balaban J connectivity index is 4.04. The van der Waals surface area contributed by atoms with Crippen LogP contribution in [-0.4, -0.2) is 54.4 Å². The molecule has 0 aliphatic carbocycles. The number of hydrogen-bond donors (Lipinski definition) is 2. The van der Waals surface area contributed by atoms with Crippen molar-refractivity contribution in [2.45, 2.75) is 32.5 Å². The summed E-state index contributed by atoms with van der Waals surface area (Å²) in [4.78, 5) is 13.0. The Hall–Kier alpha value is -0.820. The molecule has 0 aromatic rings. The van der Waals surface area contributed by atoms with E-state index in [0.29, 0.717) is 13.0 Å². The first-order valence-corrected chi connectivity index (χ1v) is 5.44. The van der Waals surface area contributed by atoms with Crippen LogP contribution < -0.4 is 5.32 Å². The smallest absolute Gasteiger partial charge is 0.396 e. The van der Waals surface area contributed by atoms with Gasteiger partial charge in [0, 0.05) is 19.2 Å². The number of alkyl halides is 3. The minimum atomic E-state index is -4.39. The first kappa shape index (κ1) is 16.2. The Morgan fingerprint density at radius 1 is 1.41 bits per heavy atom. The van der Waals surface area contributed by atoms with Gasteiger partial charge in [-0.15, -0.1) is 0 Å². The molecule has 0 fully saturated rings. The van der Waals surface area contributed by atoms with Gasteiger partial charge in [0.05, 0.1) is 6.54 Å². The van der Waals surface area contributed by atoms with Gasteiger partial charge in [-0.2, -0.15) is 13.2 Å². The summed E-state index contributed by atoms with van der Waals surface area (Å²) in [6, 6.07) is 0.0400. The number of aliphatic hydroxyl groups excluding tert-OH is 1. The third kappa shape index (κ3) is 8.93. The minimum absolute atomic E-state index is 0.00656. The number of nitrogens with one attached hydrogen (secondary N) is 1. The highest BCUT2D eigenvalue weighted by Gasteiger charge is 2.28. The van der Waals surface area contributed by atoms with E-state index in [1.165, 1.54) is 0 Å². The van der Waals surface area contributed by atoms with Crippen molar-refractivity contribution in [3.05, 3.63) is 0 Å². The van der Waals surface area contributed by atoms with Gasteiger partial charge in [-0.1, -0.05) is 0 Å². The molecule has 0 saturated heterocycles. The summed E-state index contributed by atoms with van der Waals surface area (Å²) < 4.78 is 35.6. The van der Waals surface area contributed by atoms with E-state index in [1.54, 1.807) is 4.90 Å². The highest BCUT2D eigenvalue weighted by Crippen LogP contribution is 2.12. The Morgan fingerprint density at radius 2 is 2.00 bits per heavy atom. The molecule has 1 amide bonds. The van der Waals surface area contributed by atoms with Crippen LogP contribution in [0.4, 0.5) is 13.2 Å². The second-order valence-corrected chi connectivity index (χ2v) is 4.03. The van der Waals surface area contributed by atoms with Crippen LogP contribution in [0.15, 0.2) is 0 Å². The Labute approximate surface area is 98.8 Å². The molecule has 0 rings (SSSR count). The third-order valence-corrected chi connectivity index (χ3v) is 2.17. The molecule has 0 aromatic heterocycles. The molecule has 0 aromatic carbocycles. The average molecular weight is 256 g/mol. The van der Waals surface area contributed by atoms with E-state index < -0.39 is 18.6 Å². The molecule has 0 heterocycles. The molecular weight excluding hydrogens is 237 g/mol. The maximum Gasteiger partial charge on any atom is 0.405 e. The van der Waals surface area contributed by atoms with Gasteiger partial charge in [-0.3, -0.25) is 9.69 Å². The molecule has 0 bridgehead atoms. The quantitative estimate of drug-likeness (QED) is 0.707. The fraction of sp³-hybridized carbons (Fsp3) is 0.900. The summed E-state index contributed by atoms with van der Waals surface area (Å²) in [6.07, 6.45) is -3.89. The third-order valence-electron chi connectivity index (χ3n) is 2.17. The van der Waals surface area contributed by atoms with Crippen molar-refractivity contribution in [2.24, 2.45) is 0 Å². The molecule has 17 heavy (non-hydrogen) atoms. The molecule has 0 spiro atoms. The molecule has 0 saturated carbocycles. The molecule has 102 valence electrons. The maximum atomic E-state index is 11.9. The number of aliphatic hydroxyl groups is 1. The number of nitrogens with zero attached hydrogens (tertiary/aromatic N) is 1. The minimum Gasteiger partial charge on any atom is -0.396 e. The first-order chi connectivity index (χ1) is 7.76. The molecule has 2 N–H and O–H groups in total. The highest BCUT2D eigenvalue weighted by atomic mass is 19.4. The first-order valence-electron chi connectivity index (χ1n) is 5.44. The summed E-state index contributed by atoms with van der Waals surface area (Å²) in [5, 5.41) is 10.5. The fourth-order valence-electron chi connectivity index (χ4n) is 1.23. The van der Waals surface area contributed by atoms with E-state index in [4.69, 9.17) is 5.11 Å². The van der Waals surface area contributed by atoms with E-state index in [0.717, 1.165) is 0 Å². The zero-order valence-electron chi connectivity index (χ0n) is 10.0. The Kier molecular flexibility index (Phi) is 7.13. The van der Waals surface area contributed by atoms with Crippen molar-refractivity contribution >= 4 is 5.91 Å². The van der Waals surface area contributed by atoms with E-state index in [-0.39, 0.29) is 19.2 Å². The van der Waals surface area contributed by atoms with Crippen molar-refractivity contribution in [3.8, 4) is 0 Å². The van der Waals surface area contributed by atoms with Crippen LogP contribution in [-0.2, 0) is 4.79 Å². The number of hydrogen-bond acceptors (Lipinski definition) is 3. The zero-order chi connectivity index (χ0) is 13.5. The highest BCUT2D eigenvalue weighted by molar-refractivity contribution is 5.78. The number of carbonyl (C=O) groups excluding carboxylic acids is 1. The predicted octanol–water partition coefficient (Wildman–Crippen LogP) is 0.758. The lowest BCUT2D eigenvalue weighted by Gasteiger charge is -2.25. The number of carbonyl (C=O) groups is 1. The van der Waals surface area contributed by atoms with Crippen molar-refractivity contribution in [3.63, 3.8) is 0 Å². The lowest BCUT2D eigenvalue weighted by molar-refractivity contribution is -0.139. The normalized spacial score (nSPS) is 12.2. The molecule has 0 unspecified atom stereocenters. The van der Waals surface area contributed by atoms with Gasteiger partial charge in [0.15, 0.2) is 0 Å². The predicted molar refractivity (Wildman–Crippen MR) is 57.5 cm³/mol. The summed E-state index contributed by atoms with van der Waals surface area (Å²) in [6.45, 7) is 2.76. The molecule has 0 atom stereocenters. The van der Waals surface area contributed by atoms with E-state index >= 15 is 0 Å². The van der Waals surface area contributed by atoms with Crippen molar-refractivity contribution < 1.29 is 23.1 Å². The van der Waals surface area contributed by atoms with Crippen LogP contribution in [0.3, 0.4) is 0 Å². The number of rotatable bonds is 7. The van der Waals surface area contributed by atoms with Gasteiger partial charge in [-0.05, 0) is 20.3 Å². The van der Waals surface area contributed by atoms with Crippen LogP contribution in [0, 0.1) is 0 Å². The van der Waals surface area contributed by atoms with Gasteiger partial charge < -0.3 is 10.4 Å². The van der Waals surface area contributed by atoms with Crippen LogP contribution >= 0.6 is 0 Å². The lowest BCUT2D eigenvalue weighted by atomic mass is 10.3.